The van der Waals surface area contributed by atoms with Crippen LogP contribution in [0.5, 0.6) is 0 Å². The maximum Gasteiger partial charge on any atom is 0.123 e. The fourth-order valence-corrected chi connectivity index (χ4v) is 2.45. The topological polar surface area (TPSA) is 17.0 Å². The number of fused-ring (bicyclic) bond motifs is 3. The number of rotatable bonds is 0. The van der Waals surface area contributed by atoms with Gasteiger partial charge < -0.3 is 4.57 Å². The normalized spacial score (nSPS) is 15.6. The minimum absolute atomic E-state index is 0.151. The summed E-state index contributed by atoms with van der Waals surface area (Å²) < 4.78 is 15.4. The van der Waals surface area contributed by atoms with Gasteiger partial charge in [0, 0.05) is 29.6 Å². The maximum absolute atomic E-state index is 13.2. The van der Waals surface area contributed by atoms with E-state index in [-0.39, 0.29) is 5.82 Å². The van der Waals surface area contributed by atoms with Crippen LogP contribution in [0.1, 0.15) is 11.3 Å². The van der Waals surface area contributed by atoms with Gasteiger partial charge in [0.2, 0.25) is 0 Å². The molecule has 0 radical (unpaired) electrons. The SMILES string of the molecule is Cc1c2n(c3ccc(F)cc13)CNCC2. The van der Waals surface area contributed by atoms with Gasteiger partial charge in [0.1, 0.15) is 5.82 Å². The predicted octanol–water partition coefficient (Wildman–Crippen LogP) is 2.19. The molecule has 0 amide bonds. The van der Waals surface area contributed by atoms with Gasteiger partial charge in [-0.25, -0.2) is 4.39 Å². The molecule has 0 saturated carbocycles. The van der Waals surface area contributed by atoms with Crippen LogP contribution >= 0.6 is 0 Å². The van der Waals surface area contributed by atoms with Gasteiger partial charge in [0.05, 0.1) is 6.67 Å². The van der Waals surface area contributed by atoms with Crippen LogP contribution < -0.4 is 5.32 Å². The molecule has 78 valence electrons. The van der Waals surface area contributed by atoms with E-state index in [1.54, 1.807) is 6.07 Å². The van der Waals surface area contributed by atoms with Gasteiger partial charge in [-0.1, -0.05) is 0 Å². The Morgan fingerprint density at radius 3 is 3.13 bits per heavy atom. The van der Waals surface area contributed by atoms with E-state index in [4.69, 9.17) is 0 Å². The predicted molar refractivity (Wildman–Crippen MR) is 58.3 cm³/mol. The van der Waals surface area contributed by atoms with Crippen molar-refractivity contribution >= 4 is 10.9 Å². The minimum atomic E-state index is -0.151. The third-order valence-corrected chi connectivity index (χ3v) is 3.22. The van der Waals surface area contributed by atoms with Crippen LogP contribution in [0.15, 0.2) is 18.2 Å². The van der Waals surface area contributed by atoms with Crippen molar-refractivity contribution in [3.8, 4) is 0 Å². The molecule has 1 aromatic carbocycles. The van der Waals surface area contributed by atoms with Crippen LogP contribution in [0.4, 0.5) is 4.39 Å². The van der Waals surface area contributed by atoms with E-state index in [9.17, 15) is 4.39 Å². The fraction of sp³-hybridized carbons (Fsp3) is 0.333. The molecule has 0 fully saturated rings. The zero-order chi connectivity index (χ0) is 10.4. The summed E-state index contributed by atoms with van der Waals surface area (Å²) in [6.45, 7) is 3.93. The first-order valence-electron chi connectivity index (χ1n) is 5.25. The molecule has 0 spiro atoms. The zero-order valence-corrected chi connectivity index (χ0v) is 8.68. The molecule has 3 heteroatoms. The van der Waals surface area contributed by atoms with Crippen LogP contribution in [0.25, 0.3) is 10.9 Å². The van der Waals surface area contributed by atoms with Gasteiger partial charge in [-0.15, -0.1) is 0 Å². The summed E-state index contributed by atoms with van der Waals surface area (Å²) in [5.74, 6) is -0.151. The highest BCUT2D eigenvalue weighted by Crippen LogP contribution is 2.27. The molecule has 1 aliphatic rings. The fourth-order valence-electron chi connectivity index (χ4n) is 2.45. The van der Waals surface area contributed by atoms with Crippen LogP contribution in [-0.2, 0) is 13.1 Å². The summed E-state index contributed by atoms with van der Waals surface area (Å²) in [4.78, 5) is 0. The minimum Gasteiger partial charge on any atom is -0.331 e. The van der Waals surface area contributed by atoms with E-state index >= 15 is 0 Å². The Bertz CT molecular complexity index is 528. The van der Waals surface area contributed by atoms with E-state index in [0.29, 0.717) is 0 Å². The van der Waals surface area contributed by atoms with Gasteiger partial charge in [-0.2, -0.15) is 0 Å². The number of benzene rings is 1. The smallest absolute Gasteiger partial charge is 0.123 e. The van der Waals surface area contributed by atoms with Crippen molar-refractivity contribution in [2.45, 2.75) is 20.0 Å². The quantitative estimate of drug-likeness (QED) is 0.696. The molecule has 2 nitrogen and oxygen atoms in total. The number of aryl methyl sites for hydroxylation is 1. The van der Waals surface area contributed by atoms with Crippen LogP contribution in [0.3, 0.4) is 0 Å². The number of aromatic nitrogens is 1. The molecule has 0 unspecified atom stereocenters. The van der Waals surface area contributed by atoms with Crippen LogP contribution in [-0.4, -0.2) is 11.1 Å². The highest BCUT2D eigenvalue weighted by atomic mass is 19.1. The van der Waals surface area contributed by atoms with Gasteiger partial charge >= 0.3 is 0 Å². The van der Waals surface area contributed by atoms with Gasteiger partial charge in [0.15, 0.2) is 0 Å². The van der Waals surface area contributed by atoms with Crippen molar-refractivity contribution < 1.29 is 4.39 Å². The molecule has 0 aliphatic carbocycles. The Morgan fingerprint density at radius 1 is 1.40 bits per heavy atom. The summed E-state index contributed by atoms with van der Waals surface area (Å²) in [7, 11) is 0. The number of halogens is 1. The van der Waals surface area contributed by atoms with Gasteiger partial charge in [-0.3, -0.25) is 5.32 Å². The number of nitrogens with one attached hydrogen (secondary N) is 1. The summed E-state index contributed by atoms with van der Waals surface area (Å²) in [6, 6.07) is 5.04. The van der Waals surface area contributed by atoms with Crippen LogP contribution in [0, 0.1) is 12.7 Å². The van der Waals surface area contributed by atoms with Crippen molar-refractivity contribution in [3.05, 3.63) is 35.3 Å². The average molecular weight is 204 g/mol. The standard InChI is InChI=1S/C12H13FN2/c1-8-10-6-9(13)2-3-12(10)15-7-14-5-4-11(8)15/h2-3,6,14H,4-5,7H2,1H3. The molecular weight excluding hydrogens is 191 g/mol. The summed E-state index contributed by atoms with van der Waals surface area (Å²) in [5, 5.41) is 4.38. The first-order chi connectivity index (χ1) is 7.27. The summed E-state index contributed by atoms with van der Waals surface area (Å²) >= 11 is 0. The molecule has 1 N–H and O–H groups in total. The second-order valence-electron chi connectivity index (χ2n) is 4.07. The van der Waals surface area contributed by atoms with Crippen molar-refractivity contribution in [1.29, 1.82) is 0 Å². The Labute approximate surface area is 87.7 Å². The molecule has 1 aliphatic heterocycles. The lowest BCUT2D eigenvalue weighted by molar-refractivity contribution is 0.505. The molecule has 3 rings (SSSR count). The monoisotopic (exact) mass is 204 g/mol. The third-order valence-electron chi connectivity index (χ3n) is 3.22. The first kappa shape index (κ1) is 8.92. The highest BCUT2D eigenvalue weighted by Gasteiger charge is 2.16. The molecule has 0 atom stereocenters. The first-order valence-corrected chi connectivity index (χ1v) is 5.25. The van der Waals surface area contributed by atoms with Crippen LogP contribution in [0.2, 0.25) is 0 Å². The van der Waals surface area contributed by atoms with E-state index in [2.05, 4.69) is 16.8 Å². The molecule has 1 aromatic heterocycles. The Kier molecular flexibility index (Phi) is 1.83. The average Bonchev–Trinajstić information content (AvgIpc) is 2.54. The van der Waals surface area contributed by atoms with E-state index in [1.165, 1.54) is 17.3 Å². The highest BCUT2D eigenvalue weighted by molar-refractivity contribution is 5.85. The molecule has 2 aromatic rings. The third kappa shape index (κ3) is 1.20. The molecule has 0 bridgehead atoms. The van der Waals surface area contributed by atoms with Gasteiger partial charge in [0.25, 0.3) is 0 Å². The zero-order valence-electron chi connectivity index (χ0n) is 8.68. The summed E-state index contributed by atoms with van der Waals surface area (Å²) in [5.41, 5.74) is 3.71. The summed E-state index contributed by atoms with van der Waals surface area (Å²) in [6.07, 6.45) is 1.03. The second kappa shape index (κ2) is 3.07. The molecule has 15 heavy (non-hydrogen) atoms. The number of nitrogens with zero attached hydrogens (tertiary/aromatic N) is 1. The van der Waals surface area contributed by atoms with Crippen molar-refractivity contribution in [1.82, 2.24) is 9.88 Å². The molecule has 2 heterocycles. The van der Waals surface area contributed by atoms with Crippen molar-refractivity contribution in [2.24, 2.45) is 0 Å². The lowest BCUT2D eigenvalue weighted by Gasteiger charge is -2.17. The van der Waals surface area contributed by atoms with E-state index < -0.39 is 0 Å². The number of hydrogen-bond donors (Lipinski definition) is 1. The number of hydrogen-bond acceptors (Lipinski definition) is 1. The van der Waals surface area contributed by atoms with Crippen molar-refractivity contribution in [2.75, 3.05) is 6.54 Å². The van der Waals surface area contributed by atoms with E-state index in [1.807, 2.05) is 6.07 Å². The molecule has 0 saturated heterocycles. The Morgan fingerprint density at radius 2 is 2.27 bits per heavy atom. The lowest BCUT2D eigenvalue weighted by Crippen LogP contribution is -2.28. The Balaban J connectivity index is 2.38. The van der Waals surface area contributed by atoms with Crippen molar-refractivity contribution in [3.63, 3.8) is 0 Å². The lowest BCUT2D eigenvalue weighted by atomic mass is 10.1. The largest absolute Gasteiger partial charge is 0.331 e. The second-order valence-corrected chi connectivity index (χ2v) is 4.07. The maximum atomic E-state index is 13.2. The molecular formula is C12H13FN2. The van der Waals surface area contributed by atoms with Gasteiger partial charge in [-0.05, 0) is 30.7 Å². The Hall–Kier alpha value is -1.35. The van der Waals surface area contributed by atoms with E-state index in [0.717, 1.165) is 30.5 Å².